The molecule has 1 unspecified atom stereocenters. The maximum Gasteiger partial charge on any atom is 0.138 e. The largest absolute Gasteiger partial charge is 0.309 e. The molecule has 1 rings (SSSR count). The average molecular weight is 192 g/mol. The Balaban J connectivity index is 2.98. The van der Waals surface area contributed by atoms with Crippen LogP contribution in [0.4, 0.5) is 0 Å². The van der Waals surface area contributed by atoms with Gasteiger partial charge in [0.15, 0.2) is 0 Å². The molecule has 0 spiro atoms. The van der Waals surface area contributed by atoms with Crippen LogP contribution in [0.5, 0.6) is 0 Å². The molecule has 0 bridgehead atoms. The minimum absolute atomic E-state index is 0.619. The number of benzene rings is 1. The van der Waals surface area contributed by atoms with Crippen LogP contribution in [0.3, 0.4) is 0 Å². The Morgan fingerprint density at radius 1 is 1.46 bits per heavy atom. The third-order valence-corrected chi connectivity index (χ3v) is 2.60. The topological polar surface area (TPSA) is 49.8 Å². The molecule has 0 aromatic heterocycles. The second-order valence-electron chi connectivity index (χ2n) is 2.88. The van der Waals surface area contributed by atoms with Crippen molar-refractivity contribution in [3.8, 4) is 6.07 Å². The Kier molecular flexibility index (Phi) is 3.35. The molecule has 1 atom stereocenters. The molecule has 1 aromatic rings. The number of hydrogen-bond acceptors (Lipinski definition) is 3. The molecule has 68 valence electrons. The van der Waals surface area contributed by atoms with Gasteiger partial charge in [-0.15, -0.1) is 0 Å². The van der Waals surface area contributed by atoms with E-state index in [2.05, 4.69) is 6.07 Å². The van der Waals surface area contributed by atoms with E-state index in [9.17, 15) is 0 Å². The van der Waals surface area contributed by atoms with Crippen LogP contribution in [0.15, 0.2) is 30.3 Å². The summed E-state index contributed by atoms with van der Waals surface area (Å²) in [7, 11) is 0. The molecule has 0 aliphatic rings. The molecule has 0 fully saturated rings. The van der Waals surface area contributed by atoms with Crippen LogP contribution in [0, 0.1) is 11.3 Å². The molecule has 0 aliphatic carbocycles. The van der Waals surface area contributed by atoms with Gasteiger partial charge >= 0.3 is 0 Å². The van der Waals surface area contributed by atoms with Crippen LogP contribution >= 0.6 is 11.8 Å². The zero-order valence-corrected chi connectivity index (χ0v) is 8.34. The smallest absolute Gasteiger partial charge is 0.138 e. The molecule has 0 saturated heterocycles. The highest BCUT2D eigenvalue weighted by atomic mass is 32.2. The third-order valence-electron chi connectivity index (χ3n) is 1.86. The summed E-state index contributed by atoms with van der Waals surface area (Å²) in [4.78, 5) is 0. The lowest BCUT2D eigenvalue weighted by atomic mass is 9.95. The van der Waals surface area contributed by atoms with Gasteiger partial charge in [-0.1, -0.05) is 30.3 Å². The van der Waals surface area contributed by atoms with Gasteiger partial charge in [0.2, 0.25) is 0 Å². The summed E-state index contributed by atoms with van der Waals surface area (Å²) < 4.78 is 0. The minimum Gasteiger partial charge on any atom is -0.309 e. The monoisotopic (exact) mass is 192 g/mol. The van der Waals surface area contributed by atoms with Crippen molar-refractivity contribution < 1.29 is 0 Å². The molecule has 0 radical (unpaired) electrons. The Bertz CT molecular complexity index is 304. The van der Waals surface area contributed by atoms with Crippen LogP contribution in [0.25, 0.3) is 0 Å². The summed E-state index contributed by atoms with van der Waals surface area (Å²) >= 11 is 1.58. The zero-order valence-electron chi connectivity index (χ0n) is 7.53. The van der Waals surface area contributed by atoms with E-state index in [1.54, 1.807) is 11.8 Å². The van der Waals surface area contributed by atoms with E-state index in [1.165, 1.54) is 0 Å². The number of nitrogens with zero attached hydrogens (tertiary/aromatic N) is 1. The van der Waals surface area contributed by atoms with Gasteiger partial charge < -0.3 is 5.73 Å². The first-order chi connectivity index (χ1) is 6.23. The lowest BCUT2D eigenvalue weighted by Crippen LogP contribution is -2.37. The Hall–Kier alpha value is -0.980. The minimum atomic E-state index is -0.847. The summed E-state index contributed by atoms with van der Waals surface area (Å²) in [6.45, 7) is 0. The first-order valence-electron chi connectivity index (χ1n) is 3.97. The van der Waals surface area contributed by atoms with Gasteiger partial charge in [-0.2, -0.15) is 17.0 Å². The fourth-order valence-electron chi connectivity index (χ4n) is 1.14. The Labute approximate surface area is 82.7 Å². The molecule has 1 aromatic carbocycles. The fourth-order valence-corrected chi connectivity index (χ4v) is 1.83. The van der Waals surface area contributed by atoms with Gasteiger partial charge in [0.05, 0.1) is 6.07 Å². The first-order valence-corrected chi connectivity index (χ1v) is 5.37. The number of rotatable bonds is 3. The molecule has 3 heteroatoms. The SMILES string of the molecule is CSCC(N)(C#N)c1ccccc1. The van der Waals surface area contributed by atoms with E-state index in [1.807, 2.05) is 36.6 Å². The summed E-state index contributed by atoms with van der Waals surface area (Å²) in [5, 5.41) is 8.98. The molecular weight excluding hydrogens is 180 g/mol. The zero-order chi connectivity index (χ0) is 9.73. The molecule has 0 aliphatic heterocycles. The molecular formula is C10H12N2S. The Morgan fingerprint density at radius 3 is 2.54 bits per heavy atom. The van der Waals surface area contributed by atoms with Crippen LogP contribution in [0.2, 0.25) is 0 Å². The first kappa shape index (κ1) is 10.1. The number of thioether (sulfide) groups is 1. The quantitative estimate of drug-likeness (QED) is 0.793. The highest BCUT2D eigenvalue weighted by Crippen LogP contribution is 2.20. The highest BCUT2D eigenvalue weighted by Gasteiger charge is 2.25. The standard InChI is InChI=1S/C10H12N2S/c1-13-8-10(12,7-11)9-5-3-2-4-6-9/h2-6H,8,12H2,1H3. The lowest BCUT2D eigenvalue weighted by molar-refractivity contribution is 0.659. The molecule has 13 heavy (non-hydrogen) atoms. The van der Waals surface area contributed by atoms with Crippen molar-refractivity contribution >= 4 is 11.8 Å². The van der Waals surface area contributed by atoms with Gasteiger partial charge in [0.1, 0.15) is 5.54 Å². The average Bonchev–Trinajstić information content (AvgIpc) is 2.19. The number of nitrogens with two attached hydrogens (primary N) is 1. The lowest BCUT2D eigenvalue weighted by Gasteiger charge is -2.20. The van der Waals surface area contributed by atoms with Gasteiger partial charge in [-0.25, -0.2) is 0 Å². The third kappa shape index (κ3) is 2.24. The van der Waals surface area contributed by atoms with E-state index in [0.717, 1.165) is 5.56 Å². The molecule has 0 saturated carbocycles. The van der Waals surface area contributed by atoms with Crippen LogP contribution in [-0.2, 0) is 5.54 Å². The van der Waals surface area contributed by atoms with Crippen molar-refractivity contribution in [2.45, 2.75) is 5.54 Å². The predicted molar refractivity (Wildman–Crippen MR) is 56.3 cm³/mol. The summed E-state index contributed by atoms with van der Waals surface area (Å²) in [5.74, 6) is 0.619. The number of nitriles is 1. The fraction of sp³-hybridized carbons (Fsp3) is 0.300. The van der Waals surface area contributed by atoms with Crippen molar-refractivity contribution in [1.82, 2.24) is 0 Å². The van der Waals surface area contributed by atoms with E-state index >= 15 is 0 Å². The van der Waals surface area contributed by atoms with Crippen LogP contribution in [-0.4, -0.2) is 12.0 Å². The van der Waals surface area contributed by atoms with Crippen molar-refractivity contribution in [2.75, 3.05) is 12.0 Å². The van der Waals surface area contributed by atoms with Crippen molar-refractivity contribution in [3.63, 3.8) is 0 Å². The van der Waals surface area contributed by atoms with Gasteiger partial charge in [0, 0.05) is 5.75 Å². The van der Waals surface area contributed by atoms with Crippen LogP contribution < -0.4 is 5.73 Å². The normalized spacial score (nSPS) is 14.5. The molecule has 2 N–H and O–H groups in total. The maximum absolute atomic E-state index is 8.98. The van der Waals surface area contributed by atoms with E-state index in [0.29, 0.717) is 5.75 Å². The summed E-state index contributed by atoms with van der Waals surface area (Å²) in [5.41, 5.74) is 5.98. The van der Waals surface area contributed by atoms with E-state index in [4.69, 9.17) is 11.0 Å². The highest BCUT2D eigenvalue weighted by molar-refractivity contribution is 7.98. The Morgan fingerprint density at radius 2 is 2.08 bits per heavy atom. The van der Waals surface area contributed by atoms with Gasteiger partial charge in [0.25, 0.3) is 0 Å². The molecule has 2 nitrogen and oxygen atoms in total. The summed E-state index contributed by atoms with van der Waals surface area (Å²) in [6, 6.07) is 11.6. The van der Waals surface area contributed by atoms with Gasteiger partial charge in [-0.05, 0) is 11.8 Å². The molecule has 0 heterocycles. The molecule has 0 amide bonds. The summed E-state index contributed by atoms with van der Waals surface area (Å²) in [6.07, 6.45) is 1.95. The number of hydrogen-bond donors (Lipinski definition) is 1. The second kappa shape index (κ2) is 4.31. The van der Waals surface area contributed by atoms with E-state index in [-0.39, 0.29) is 0 Å². The predicted octanol–water partition coefficient (Wildman–Crippen LogP) is 1.73. The van der Waals surface area contributed by atoms with Crippen molar-refractivity contribution in [2.24, 2.45) is 5.73 Å². The van der Waals surface area contributed by atoms with Crippen LogP contribution in [0.1, 0.15) is 5.56 Å². The van der Waals surface area contributed by atoms with Crippen molar-refractivity contribution in [3.05, 3.63) is 35.9 Å². The second-order valence-corrected chi connectivity index (χ2v) is 3.75. The van der Waals surface area contributed by atoms with Crippen molar-refractivity contribution in [1.29, 1.82) is 5.26 Å². The van der Waals surface area contributed by atoms with Gasteiger partial charge in [-0.3, -0.25) is 0 Å². The van der Waals surface area contributed by atoms with E-state index < -0.39 is 5.54 Å². The maximum atomic E-state index is 8.98.